The number of benzene rings is 2. The molecule has 0 unspecified atom stereocenters. The van der Waals surface area contributed by atoms with Crippen LogP contribution in [0, 0.1) is 0 Å². The molecular weight excluding hydrogens is 302 g/mol. The van der Waals surface area contributed by atoms with Gasteiger partial charge in [0.2, 0.25) is 0 Å². The highest BCUT2D eigenvalue weighted by Gasteiger charge is 2.14. The Hall–Kier alpha value is -2.60. The molecule has 0 amide bonds. The molecule has 2 aromatic carbocycles. The first kappa shape index (κ1) is 15.8. The van der Waals surface area contributed by atoms with Crippen molar-refractivity contribution in [2.24, 2.45) is 0 Å². The molecule has 2 N–H and O–H groups in total. The summed E-state index contributed by atoms with van der Waals surface area (Å²) in [6.45, 7) is 1.45. The molecule has 2 aromatic rings. The van der Waals surface area contributed by atoms with E-state index in [0.717, 1.165) is 0 Å². The van der Waals surface area contributed by atoms with Gasteiger partial charge in [0, 0.05) is 11.3 Å². The molecule has 0 aliphatic carbocycles. The monoisotopic (exact) mass is 317 g/mol. The van der Waals surface area contributed by atoms with Crippen LogP contribution in [-0.2, 0) is 14.8 Å². The fourth-order valence-electron chi connectivity index (χ4n) is 1.80. The first-order chi connectivity index (χ1) is 10.4. The van der Waals surface area contributed by atoms with E-state index in [1.807, 2.05) is 0 Å². The molecule has 22 heavy (non-hydrogen) atoms. The summed E-state index contributed by atoms with van der Waals surface area (Å²) in [6, 6.07) is 14.6. The minimum absolute atomic E-state index is 0.0725. The summed E-state index contributed by atoms with van der Waals surface area (Å²) in [5, 5.41) is 8.87. The van der Waals surface area contributed by atoms with E-state index in [4.69, 9.17) is 5.11 Å². The van der Waals surface area contributed by atoms with Crippen molar-refractivity contribution < 1.29 is 18.3 Å². The summed E-state index contributed by atoms with van der Waals surface area (Å²) >= 11 is 0. The van der Waals surface area contributed by atoms with Gasteiger partial charge in [-0.3, -0.25) is 4.72 Å². The normalized spacial score (nSPS) is 12.0. The summed E-state index contributed by atoms with van der Waals surface area (Å²) < 4.78 is 27.1. The van der Waals surface area contributed by atoms with Gasteiger partial charge in [0.05, 0.1) is 4.90 Å². The highest BCUT2D eigenvalue weighted by atomic mass is 32.2. The number of para-hydroxylation sites is 1. The lowest BCUT2D eigenvalue weighted by Crippen LogP contribution is -2.12. The van der Waals surface area contributed by atoms with Crippen molar-refractivity contribution in [3.63, 3.8) is 0 Å². The third kappa shape index (κ3) is 3.95. The summed E-state index contributed by atoms with van der Waals surface area (Å²) in [4.78, 5) is 10.9. The molecule has 6 heteroatoms. The van der Waals surface area contributed by atoms with Crippen LogP contribution >= 0.6 is 0 Å². The summed E-state index contributed by atoms with van der Waals surface area (Å²) in [6.07, 6.45) is 1.42. The van der Waals surface area contributed by atoms with Crippen LogP contribution in [0.5, 0.6) is 0 Å². The highest BCUT2D eigenvalue weighted by molar-refractivity contribution is 7.92. The predicted molar refractivity (Wildman–Crippen MR) is 85.0 cm³/mol. The van der Waals surface area contributed by atoms with Crippen molar-refractivity contribution in [2.45, 2.75) is 11.8 Å². The maximum Gasteiger partial charge on any atom is 0.331 e. The van der Waals surface area contributed by atoms with Gasteiger partial charge in [0.15, 0.2) is 0 Å². The van der Waals surface area contributed by atoms with Crippen molar-refractivity contribution in [1.82, 2.24) is 0 Å². The Labute approximate surface area is 129 Å². The quantitative estimate of drug-likeness (QED) is 0.830. The van der Waals surface area contributed by atoms with E-state index in [2.05, 4.69) is 4.72 Å². The average molecular weight is 317 g/mol. The Kier molecular flexibility index (Phi) is 4.62. The zero-order chi connectivity index (χ0) is 16.2. The lowest BCUT2D eigenvalue weighted by atomic mass is 10.1. The van der Waals surface area contributed by atoms with Crippen LogP contribution in [0.1, 0.15) is 12.5 Å². The molecule has 0 bridgehead atoms. The van der Waals surface area contributed by atoms with E-state index in [1.165, 1.54) is 25.1 Å². The number of carboxylic acid groups (broad SMARTS) is 1. The number of carboxylic acids is 1. The van der Waals surface area contributed by atoms with Crippen molar-refractivity contribution in [3.8, 4) is 0 Å². The Bertz CT molecular complexity index is 811. The molecule has 0 atom stereocenters. The van der Waals surface area contributed by atoms with Crippen LogP contribution < -0.4 is 4.72 Å². The van der Waals surface area contributed by atoms with Gasteiger partial charge in [-0.05, 0) is 42.8 Å². The van der Waals surface area contributed by atoms with Gasteiger partial charge in [0.25, 0.3) is 10.0 Å². The van der Waals surface area contributed by atoms with E-state index in [1.54, 1.807) is 42.5 Å². The smallest absolute Gasteiger partial charge is 0.331 e. The van der Waals surface area contributed by atoms with Crippen LogP contribution in [0.3, 0.4) is 0 Å². The zero-order valence-electron chi connectivity index (χ0n) is 11.9. The minimum atomic E-state index is -3.72. The van der Waals surface area contributed by atoms with Gasteiger partial charge in [-0.15, -0.1) is 0 Å². The number of hydrogen-bond donors (Lipinski definition) is 2. The second-order valence-corrected chi connectivity index (χ2v) is 6.36. The number of carbonyl (C=O) groups is 1. The third-order valence-corrected chi connectivity index (χ3v) is 4.29. The topological polar surface area (TPSA) is 83.5 Å². The van der Waals surface area contributed by atoms with E-state index >= 15 is 0 Å². The fourth-order valence-corrected chi connectivity index (χ4v) is 2.92. The number of aliphatic carboxylic acids is 1. The number of sulfonamides is 1. The molecule has 114 valence electrons. The van der Waals surface area contributed by atoms with Crippen molar-refractivity contribution in [1.29, 1.82) is 0 Å². The van der Waals surface area contributed by atoms with Crippen LogP contribution in [0.2, 0.25) is 0 Å². The van der Waals surface area contributed by atoms with E-state index < -0.39 is 16.0 Å². The molecule has 0 heterocycles. The highest BCUT2D eigenvalue weighted by Crippen LogP contribution is 2.18. The SMILES string of the molecule is CC(=Cc1cccc(S(=O)(=O)Nc2ccccc2)c1)C(=O)O. The number of hydrogen-bond acceptors (Lipinski definition) is 3. The average Bonchev–Trinajstić information content (AvgIpc) is 2.48. The molecular formula is C16H15NO4S. The molecule has 5 nitrogen and oxygen atoms in total. The van der Waals surface area contributed by atoms with Crippen LogP contribution in [0.4, 0.5) is 5.69 Å². The molecule has 0 radical (unpaired) electrons. The van der Waals surface area contributed by atoms with Gasteiger partial charge in [-0.1, -0.05) is 30.3 Å². The van der Waals surface area contributed by atoms with Crippen LogP contribution in [0.15, 0.2) is 65.1 Å². The zero-order valence-corrected chi connectivity index (χ0v) is 12.7. The fraction of sp³-hybridized carbons (Fsp3) is 0.0625. The third-order valence-electron chi connectivity index (χ3n) is 2.91. The number of nitrogens with one attached hydrogen (secondary N) is 1. The van der Waals surface area contributed by atoms with Crippen LogP contribution in [-0.4, -0.2) is 19.5 Å². The minimum Gasteiger partial charge on any atom is -0.478 e. The Morgan fingerprint density at radius 3 is 2.41 bits per heavy atom. The molecule has 0 fully saturated rings. The second-order valence-electron chi connectivity index (χ2n) is 4.68. The van der Waals surface area contributed by atoms with Crippen molar-refractivity contribution >= 4 is 27.8 Å². The first-order valence-electron chi connectivity index (χ1n) is 6.48. The maximum absolute atomic E-state index is 12.3. The van der Waals surface area contributed by atoms with Gasteiger partial charge >= 0.3 is 5.97 Å². The first-order valence-corrected chi connectivity index (χ1v) is 7.96. The molecule has 0 aliphatic heterocycles. The van der Waals surface area contributed by atoms with Crippen LogP contribution in [0.25, 0.3) is 6.08 Å². The molecule has 0 spiro atoms. The van der Waals surface area contributed by atoms with Gasteiger partial charge in [0.1, 0.15) is 0 Å². The summed E-state index contributed by atoms with van der Waals surface area (Å²) in [5.74, 6) is -1.05. The van der Waals surface area contributed by atoms with Crippen molar-refractivity contribution in [2.75, 3.05) is 4.72 Å². The Balaban J connectivity index is 2.32. The molecule has 0 saturated carbocycles. The van der Waals surface area contributed by atoms with Gasteiger partial charge in [-0.25, -0.2) is 13.2 Å². The summed E-state index contributed by atoms with van der Waals surface area (Å²) in [5.41, 5.74) is 1.10. The van der Waals surface area contributed by atoms with Crippen molar-refractivity contribution in [3.05, 3.63) is 65.7 Å². The lowest BCUT2D eigenvalue weighted by molar-refractivity contribution is -0.132. The largest absolute Gasteiger partial charge is 0.478 e. The molecule has 2 rings (SSSR count). The van der Waals surface area contributed by atoms with Gasteiger partial charge < -0.3 is 5.11 Å². The van der Waals surface area contributed by atoms with Gasteiger partial charge in [-0.2, -0.15) is 0 Å². The van der Waals surface area contributed by atoms with E-state index in [-0.39, 0.29) is 10.5 Å². The lowest BCUT2D eigenvalue weighted by Gasteiger charge is -2.08. The number of anilines is 1. The second kappa shape index (κ2) is 6.44. The van der Waals surface area contributed by atoms with E-state index in [9.17, 15) is 13.2 Å². The standard InChI is InChI=1S/C16H15NO4S/c1-12(16(18)19)10-13-6-5-9-15(11-13)22(20,21)17-14-7-3-2-4-8-14/h2-11,17H,1H3,(H,18,19). The number of rotatable bonds is 5. The molecule has 0 aromatic heterocycles. The maximum atomic E-state index is 12.3. The van der Waals surface area contributed by atoms with E-state index in [0.29, 0.717) is 11.3 Å². The molecule has 0 saturated heterocycles. The predicted octanol–water partition coefficient (Wildman–Crippen LogP) is 2.98. The molecule has 0 aliphatic rings. The Morgan fingerprint density at radius 1 is 1.09 bits per heavy atom. The summed E-state index contributed by atoms with van der Waals surface area (Å²) in [7, 11) is -3.72. The Morgan fingerprint density at radius 2 is 1.77 bits per heavy atom.